The Bertz CT molecular complexity index is 690. The lowest BCUT2D eigenvalue weighted by atomic mass is 10.1. The van der Waals surface area contributed by atoms with Gasteiger partial charge in [-0.15, -0.1) is 0 Å². The van der Waals surface area contributed by atoms with Crippen molar-refractivity contribution in [3.8, 4) is 11.5 Å². The van der Waals surface area contributed by atoms with Gasteiger partial charge in [0.1, 0.15) is 17.3 Å². The monoisotopic (exact) mass is 317 g/mol. The predicted octanol–water partition coefficient (Wildman–Crippen LogP) is 3.33. The van der Waals surface area contributed by atoms with E-state index >= 15 is 0 Å². The number of hydrogen-bond donors (Lipinski definition) is 0. The molecule has 0 saturated carbocycles. The van der Waals surface area contributed by atoms with Crippen LogP contribution in [0.25, 0.3) is 0 Å². The highest BCUT2D eigenvalue weighted by Crippen LogP contribution is 2.30. The van der Waals surface area contributed by atoms with Crippen molar-refractivity contribution in [3.05, 3.63) is 58.9 Å². The van der Waals surface area contributed by atoms with Gasteiger partial charge in [0.15, 0.2) is 6.79 Å². The topological polar surface area (TPSA) is 30.9 Å². The molecule has 0 saturated heterocycles. The van der Waals surface area contributed by atoms with E-state index in [2.05, 4.69) is 4.90 Å². The highest BCUT2D eigenvalue weighted by atomic mass is 19.1. The van der Waals surface area contributed by atoms with Gasteiger partial charge in [0.25, 0.3) is 0 Å². The summed E-state index contributed by atoms with van der Waals surface area (Å²) >= 11 is 0. The van der Waals surface area contributed by atoms with Gasteiger partial charge in [-0.2, -0.15) is 0 Å². The van der Waals surface area contributed by atoms with E-state index in [0.29, 0.717) is 13.2 Å². The van der Waals surface area contributed by atoms with Crippen LogP contribution in [0, 0.1) is 5.82 Å². The minimum atomic E-state index is -0.261. The Labute approximate surface area is 135 Å². The maximum absolute atomic E-state index is 13.8. The normalized spacial score (nSPS) is 13.6. The Morgan fingerprint density at radius 1 is 1.22 bits per heavy atom. The van der Waals surface area contributed by atoms with Gasteiger partial charge in [0.2, 0.25) is 0 Å². The molecule has 122 valence electrons. The van der Waals surface area contributed by atoms with Crippen LogP contribution >= 0.6 is 0 Å². The van der Waals surface area contributed by atoms with Crippen molar-refractivity contribution in [2.24, 2.45) is 0 Å². The first-order valence-corrected chi connectivity index (χ1v) is 7.49. The van der Waals surface area contributed by atoms with E-state index in [1.807, 2.05) is 31.3 Å². The van der Waals surface area contributed by atoms with Crippen molar-refractivity contribution < 1.29 is 18.6 Å². The zero-order valence-corrected chi connectivity index (χ0v) is 13.3. The summed E-state index contributed by atoms with van der Waals surface area (Å²) in [6.07, 6.45) is 0. The van der Waals surface area contributed by atoms with Gasteiger partial charge in [-0.05, 0) is 36.9 Å². The fraction of sp³-hybridized carbons (Fsp3) is 0.333. The summed E-state index contributed by atoms with van der Waals surface area (Å²) in [6, 6.07) is 10.9. The molecule has 0 aliphatic carbocycles. The molecule has 1 aliphatic heterocycles. The summed E-state index contributed by atoms with van der Waals surface area (Å²) in [7, 11) is 3.65. The largest absolute Gasteiger partial charge is 0.497 e. The smallest absolute Gasteiger partial charge is 0.189 e. The van der Waals surface area contributed by atoms with E-state index in [0.717, 1.165) is 34.7 Å². The van der Waals surface area contributed by atoms with E-state index in [-0.39, 0.29) is 12.6 Å². The molecule has 0 amide bonds. The Balaban J connectivity index is 1.75. The molecular formula is C18H20FNO3. The van der Waals surface area contributed by atoms with Gasteiger partial charge in [-0.3, -0.25) is 4.90 Å². The molecule has 0 spiro atoms. The first-order chi connectivity index (χ1) is 11.2. The number of hydrogen-bond acceptors (Lipinski definition) is 4. The van der Waals surface area contributed by atoms with Crippen molar-refractivity contribution in [2.45, 2.75) is 19.7 Å². The van der Waals surface area contributed by atoms with Crippen molar-refractivity contribution in [1.29, 1.82) is 0 Å². The van der Waals surface area contributed by atoms with Crippen LogP contribution in [0.5, 0.6) is 11.5 Å². The summed E-state index contributed by atoms with van der Waals surface area (Å²) < 4.78 is 29.8. The number of nitrogens with zero attached hydrogens (tertiary/aromatic N) is 1. The molecule has 0 radical (unpaired) electrons. The first-order valence-electron chi connectivity index (χ1n) is 7.49. The maximum Gasteiger partial charge on any atom is 0.189 e. The van der Waals surface area contributed by atoms with Gasteiger partial charge in [0.05, 0.1) is 13.7 Å². The Kier molecular flexibility index (Phi) is 4.79. The Hall–Kier alpha value is -2.11. The summed E-state index contributed by atoms with van der Waals surface area (Å²) in [5.74, 6) is 1.32. The third-order valence-corrected chi connectivity index (χ3v) is 3.78. The first kappa shape index (κ1) is 15.8. The van der Waals surface area contributed by atoms with Crippen molar-refractivity contribution in [2.75, 3.05) is 21.0 Å². The molecule has 1 aliphatic rings. The number of ether oxygens (including phenoxy) is 3. The van der Waals surface area contributed by atoms with Crippen LogP contribution in [0.3, 0.4) is 0 Å². The molecule has 0 fully saturated rings. The molecule has 0 aromatic heterocycles. The second-order valence-corrected chi connectivity index (χ2v) is 5.69. The fourth-order valence-electron chi connectivity index (χ4n) is 2.80. The van der Waals surface area contributed by atoms with Crippen LogP contribution in [0.2, 0.25) is 0 Å². The molecule has 0 bridgehead atoms. The van der Waals surface area contributed by atoms with Gasteiger partial charge in [-0.1, -0.05) is 12.1 Å². The lowest BCUT2D eigenvalue weighted by Gasteiger charge is -2.24. The van der Waals surface area contributed by atoms with Crippen LogP contribution in [-0.4, -0.2) is 25.9 Å². The number of fused-ring (bicyclic) bond motifs is 1. The maximum atomic E-state index is 13.8. The molecule has 0 N–H and O–H groups in total. The van der Waals surface area contributed by atoms with Crippen molar-refractivity contribution in [3.63, 3.8) is 0 Å². The third kappa shape index (κ3) is 3.81. The number of methoxy groups -OCH3 is 1. The lowest BCUT2D eigenvalue weighted by molar-refractivity contribution is -0.0176. The zero-order valence-electron chi connectivity index (χ0n) is 13.3. The van der Waals surface area contributed by atoms with Crippen LogP contribution in [0.15, 0.2) is 36.4 Å². The van der Waals surface area contributed by atoms with Gasteiger partial charge >= 0.3 is 0 Å². The molecule has 1 heterocycles. The number of halogens is 1. The highest BCUT2D eigenvalue weighted by Gasteiger charge is 2.18. The summed E-state index contributed by atoms with van der Waals surface area (Å²) in [4.78, 5) is 2.11. The molecule has 0 unspecified atom stereocenters. The van der Waals surface area contributed by atoms with Gasteiger partial charge in [0, 0.05) is 24.2 Å². The number of rotatable bonds is 5. The third-order valence-electron chi connectivity index (χ3n) is 3.78. The lowest BCUT2D eigenvalue weighted by Crippen LogP contribution is -2.20. The zero-order chi connectivity index (χ0) is 16.2. The molecule has 3 rings (SSSR count). The molecule has 23 heavy (non-hydrogen) atoms. The van der Waals surface area contributed by atoms with Crippen LogP contribution < -0.4 is 9.47 Å². The van der Waals surface area contributed by atoms with Crippen LogP contribution in [-0.2, 0) is 24.4 Å². The van der Waals surface area contributed by atoms with Crippen molar-refractivity contribution in [1.82, 2.24) is 4.90 Å². The Morgan fingerprint density at radius 3 is 2.91 bits per heavy atom. The van der Waals surface area contributed by atoms with Gasteiger partial charge in [-0.25, -0.2) is 4.39 Å². The average Bonchev–Trinajstić information content (AvgIpc) is 2.54. The molecule has 2 aromatic carbocycles. The van der Waals surface area contributed by atoms with E-state index in [4.69, 9.17) is 14.2 Å². The summed E-state index contributed by atoms with van der Waals surface area (Å²) in [6.45, 7) is 1.93. The fourth-order valence-corrected chi connectivity index (χ4v) is 2.80. The molecule has 5 heteroatoms. The van der Waals surface area contributed by atoms with E-state index < -0.39 is 0 Å². The van der Waals surface area contributed by atoms with Crippen molar-refractivity contribution >= 4 is 0 Å². The van der Waals surface area contributed by atoms with E-state index in [1.165, 1.54) is 12.1 Å². The second kappa shape index (κ2) is 6.98. The molecular weight excluding hydrogens is 297 g/mol. The summed E-state index contributed by atoms with van der Waals surface area (Å²) in [5.41, 5.74) is 2.75. The average molecular weight is 317 g/mol. The molecule has 0 atom stereocenters. The van der Waals surface area contributed by atoms with Crippen LogP contribution in [0.4, 0.5) is 4.39 Å². The SMILES string of the molecule is COc1cccc(CN(C)Cc2cc(F)cc3c2OCOC3)c1. The highest BCUT2D eigenvalue weighted by molar-refractivity contribution is 5.42. The summed E-state index contributed by atoms with van der Waals surface area (Å²) in [5, 5.41) is 0. The van der Waals surface area contributed by atoms with Crippen LogP contribution in [0.1, 0.15) is 16.7 Å². The second-order valence-electron chi connectivity index (χ2n) is 5.69. The predicted molar refractivity (Wildman–Crippen MR) is 84.8 cm³/mol. The van der Waals surface area contributed by atoms with E-state index in [9.17, 15) is 4.39 Å². The standard InChI is InChI=1S/C18H20FNO3/c1-20(9-13-4-3-5-17(6-13)21-2)10-14-7-16(19)8-15-11-22-12-23-18(14)15/h3-8H,9-12H2,1-2H3. The minimum Gasteiger partial charge on any atom is -0.497 e. The Morgan fingerprint density at radius 2 is 2.09 bits per heavy atom. The number of benzene rings is 2. The van der Waals surface area contributed by atoms with E-state index in [1.54, 1.807) is 7.11 Å². The molecule has 2 aromatic rings. The molecule has 4 nitrogen and oxygen atoms in total. The van der Waals surface area contributed by atoms with Gasteiger partial charge < -0.3 is 14.2 Å². The minimum absolute atomic E-state index is 0.214. The quantitative estimate of drug-likeness (QED) is 0.846.